The van der Waals surface area contributed by atoms with Crippen LogP contribution in [0, 0.1) is 5.82 Å². The van der Waals surface area contributed by atoms with Gasteiger partial charge >= 0.3 is 0 Å². The van der Waals surface area contributed by atoms with Gasteiger partial charge in [-0.05, 0) is 50.6 Å². The molecular formula is C22H38FN5O. The zero-order valence-corrected chi connectivity index (χ0v) is 18.5. The smallest absolute Gasteiger partial charge is 0.191 e. The molecule has 1 aromatic carbocycles. The van der Waals surface area contributed by atoms with Crippen LogP contribution in [0.25, 0.3) is 0 Å². The first-order valence-electron chi connectivity index (χ1n) is 10.8. The highest BCUT2D eigenvalue weighted by molar-refractivity contribution is 5.79. The number of benzene rings is 1. The second-order valence-corrected chi connectivity index (χ2v) is 7.82. The van der Waals surface area contributed by atoms with E-state index in [4.69, 9.17) is 4.74 Å². The van der Waals surface area contributed by atoms with Crippen molar-refractivity contribution in [3.05, 3.63) is 29.6 Å². The summed E-state index contributed by atoms with van der Waals surface area (Å²) in [6.07, 6.45) is 4.57. The van der Waals surface area contributed by atoms with E-state index in [1.165, 1.54) is 20.0 Å². The van der Waals surface area contributed by atoms with E-state index >= 15 is 0 Å². The predicted molar refractivity (Wildman–Crippen MR) is 118 cm³/mol. The van der Waals surface area contributed by atoms with E-state index in [1.54, 1.807) is 12.1 Å². The number of guanidine groups is 1. The number of halogens is 1. The van der Waals surface area contributed by atoms with Gasteiger partial charge in [0.2, 0.25) is 0 Å². The van der Waals surface area contributed by atoms with E-state index in [1.807, 2.05) is 13.1 Å². The first-order chi connectivity index (χ1) is 14.0. The normalized spacial score (nSPS) is 16.3. The van der Waals surface area contributed by atoms with E-state index in [-0.39, 0.29) is 5.82 Å². The monoisotopic (exact) mass is 407 g/mol. The Balaban J connectivity index is 1.69. The van der Waals surface area contributed by atoms with Gasteiger partial charge in [-0.1, -0.05) is 19.4 Å². The Labute approximate surface area is 175 Å². The predicted octanol–water partition coefficient (Wildman–Crippen LogP) is 2.70. The second-order valence-electron chi connectivity index (χ2n) is 7.82. The number of aliphatic imine (C=N–C) groups is 1. The number of rotatable bonds is 10. The Kier molecular flexibility index (Phi) is 10.2. The average molecular weight is 408 g/mol. The summed E-state index contributed by atoms with van der Waals surface area (Å²) < 4.78 is 18.9. The number of ether oxygens (including phenoxy) is 1. The van der Waals surface area contributed by atoms with Gasteiger partial charge in [0.25, 0.3) is 0 Å². The topological polar surface area (TPSA) is 52.1 Å². The van der Waals surface area contributed by atoms with Gasteiger partial charge in [-0.15, -0.1) is 0 Å². The lowest BCUT2D eigenvalue weighted by molar-refractivity contribution is 0.198. The Hall–Kier alpha value is -1.86. The van der Waals surface area contributed by atoms with Crippen molar-refractivity contribution in [2.24, 2.45) is 4.99 Å². The molecule has 0 atom stereocenters. The van der Waals surface area contributed by atoms with Crippen LogP contribution >= 0.6 is 0 Å². The molecular weight excluding hydrogens is 369 g/mol. The fourth-order valence-electron chi connectivity index (χ4n) is 3.59. The van der Waals surface area contributed by atoms with Crippen molar-refractivity contribution >= 4 is 5.96 Å². The second kappa shape index (κ2) is 12.6. The molecule has 29 heavy (non-hydrogen) atoms. The lowest BCUT2D eigenvalue weighted by Crippen LogP contribution is -2.49. The summed E-state index contributed by atoms with van der Waals surface area (Å²) in [7, 11) is 5.48. The maximum Gasteiger partial charge on any atom is 0.191 e. The number of nitrogens with zero attached hydrogens (tertiary/aromatic N) is 3. The third-order valence-corrected chi connectivity index (χ3v) is 5.45. The molecule has 0 bridgehead atoms. The lowest BCUT2D eigenvalue weighted by atomic mass is 10.0. The van der Waals surface area contributed by atoms with E-state index in [0.29, 0.717) is 11.8 Å². The summed E-state index contributed by atoms with van der Waals surface area (Å²) in [5, 5.41) is 6.97. The van der Waals surface area contributed by atoms with Crippen molar-refractivity contribution in [3.63, 3.8) is 0 Å². The summed E-state index contributed by atoms with van der Waals surface area (Å²) in [5.74, 6) is 0.883. The molecule has 2 rings (SSSR count). The Morgan fingerprint density at radius 2 is 2.07 bits per heavy atom. The average Bonchev–Trinajstić information content (AvgIpc) is 2.73. The fraction of sp³-hybridized carbons (Fsp3) is 0.682. The van der Waals surface area contributed by atoms with Crippen LogP contribution in [-0.4, -0.2) is 75.7 Å². The number of hydrogen-bond acceptors (Lipinski definition) is 4. The van der Waals surface area contributed by atoms with Gasteiger partial charge in [0.1, 0.15) is 0 Å². The van der Waals surface area contributed by atoms with E-state index in [2.05, 4.69) is 39.4 Å². The maximum absolute atomic E-state index is 13.9. The number of nitrogens with one attached hydrogen (secondary N) is 2. The quantitative estimate of drug-likeness (QED) is 0.461. The fourth-order valence-corrected chi connectivity index (χ4v) is 3.59. The molecule has 0 aromatic heterocycles. The molecule has 1 heterocycles. The van der Waals surface area contributed by atoms with Gasteiger partial charge in [0.15, 0.2) is 17.5 Å². The number of unbranched alkanes of at least 4 members (excludes halogenated alkanes) is 1. The number of piperidine rings is 1. The van der Waals surface area contributed by atoms with E-state index in [0.717, 1.165) is 63.6 Å². The standard InChI is InChI=1S/C22H38FN5O/c1-5-6-12-27(3)15-11-25-22(24-2)26-19-9-13-28(14-10-19)17-18-7-8-21(29-4)20(23)16-18/h7-8,16,19H,5-6,9-15,17H2,1-4H3,(H2,24,25,26). The van der Waals surface area contributed by atoms with Gasteiger partial charge in [0.05, 0.1) is 7.11 Å². The maximum atomic E-state index is 13.9. The molecule has 7 heteroatoms. The zero-order chi connectivity index (χ0) is 21.1. The van der Waals surface area contributed by atoms with Crippen molar-refractivity contribution in [1.29, 1.82) is 0 Å². The SMILES string of the molecule is CCCCN(C)CCNC(=NC)NC1CCN(Cc2ccc(OC)c(F)c2)CC1. The lowest BCUT2D eigenvalue weighted by Gasteiger charge is -2.33. The summed E-state index contributed by atoms with van der Waals surface area (Å²) in [4.78, 5) is 9.09. The van der Waals surface area contributed by atoms with Gasteiger partial charge in [0, 0.05) is 45.8 Å². The Bertz CT molecular complexity index is 632. The highest BCUT2D eigenvalue weighted by Gasteiger charge is 2.20. The van der Waals surface area contributed by atoms with Crippen molar-refractivity contribution < 1.29 is 9.13 Å². The molecule has 0 amide bonds. The molecule has 1 aromatic rings. The van der Waals surface area contributed by atoms with Gasteiger partial charge in [-0.25, -0.2) is 4.39 Å². The van der Waals surface area contributed by atoms with E-state index in [9.17, 15) is 4.39 Å². The third kappa shape index (κ3) is 8.19. The first kappa shape index (κ1) is 23.4. The summed E-state index contributed by atoms with van der Waals surface area (Å²) in [6.45, 7) is 8.01. The Morgan fingerprint density at radius 1 is 1.31 bits per heavy atom. The number of hydrogen-bond donors (Lipinski definition) is 2. The van der Waals surface area contributed by atoms with Crippen LogP contribution < -0.4 is 15.4 Å². The highest BCUT2D eigenvalue weighted by Crippen LogP contribution is 2.20. The summed E-state index contributed by atoms with van der Waals surface area (Å²) in [5.41, 5.74) is 0.986. The van der Waals surface area contributed by atoms with Crippen molar-refractivity contribution in [3.8, 4) is 5.75 Å². The third-order valence-electron chi connectivity index (χ3n) is 5.45. The van der Waals surface area contributed by atoms with Crippen LogP contribution in [0.1, 0.15) is 38.2 Å². The first-order valence-corrected chi connectivity index (χ1v) is 10.8. The minimum atomic E-state index is -0.295. The zero-order valence-electron chi connectivity index (χ0n) is 18.5. The molecule has 1 aliphatic rings. The van der Waals surface area contributed by atoms with Crippen LogP contribution in [0.15, 0.2) is 23.2 Å². The molecule has 0 aliphatic carbocycles. The Morgan fingerprint density at radius 3 is 2.69 bits per heavy atom. The molecule has 2 N–H and O–H groups in total. The number of methoxy groups -OCH3 is 1. The van der Waals surface area contributed by atoms with Crippen LogP contribution in [0.4, 0.5) is 4.39 Å². The van der Waals surface area contributed by atoms with E-state index < -0.39 is 0 Å². The molecule has 0 saturated carbocycles. The minimum absolute atomic E-state index is 0.295. The van der Waals surface area contributed by atoms with Crippen LogP contribution in [0.2, 0.25) is 0 Å². The molecule has 0 unspecified atom stereocenters. The summed E-state index contributed by atoms with van der Waals surface area (Å²) in [6, 6.07) is 5.64. The summed E-state index contributed by atoms with van der Waals surface area (Å²) >= 11 is 0. The van der Waals surface area contributed by atoms with Gasteiger partial charge in [-0.3, -0.25) is 9.89 Å². The molecule has 1 saturated heterocycles. The van der Waals surface area contributed by atoms with Crippen LogP contribution in [0.5, 0.6) is 5.75 Å². The van der Waals surface area contributed by atoms with Crippen molar-refractivity contribution in [1.82, 2.24) is 20.4 Å². The van der Waals surface area contributed by atoms with Crippen LogP contribution in [0.3, 0.4) is 0 Å². The molecule has 0 spiro atoms. The number of likely N-dealkylation sites (tertiary alicyclic amines) is 1. The molecule has 6 nitrogen and oxygen atoms in total. The van der Waals surface area contributed by atoms with Crippen LogP contribution in [-0.2, 0) is 6.54 Å². The van der Waals surface area contributed by atoms with Crippen molar-refractivity contribution in [2.45, 2.75) is 45.2 Å². The minimum Gasteiger partial charge on any atom is -0.494 e. The largest absolute Gasteiger partial charge is 0.494 e. The molecule has 1 fully saturated rings. The molecule has 1 aliphatic heterocycles. The number of likely N-dealkylation sites (N-methyl/N-ethyl adjacent to an activating group) is 1. The van der Waals surface area contributed by atoms with Gasteiger partial charge in [-0.2, -0.15) is 0 Å². The van der Waals surface area contributed by atoms with Gasteiger partial charge < -0.3 is 20.3 Å². The molecule has 164 valence electrons. The van der Waals surface area contributed by atoms with Crippen molar-refractivity contribution in [2.75, 3.05) is 53.9 Å². The highest BCUT2D eigenvalue weighted by atomic mass is 19.1. The molecule has 0 radical (unpaired) electrons.